The fourth-order valence-electron chi connectivity index (χ4n) is 4.60. The maximum absolute atomic E-state index is 13.2. The fourth-order valence-corrected chi connectivity index (χ4v) is 6.29. The van der Waals surface area contributed by atoms with Crippen molar-refractivity contribution in [3.8, 4) is 0 Å². The summed E-state index contributed by atoms with van der Waals surface area (Å²) in [6.45, 7) is 5.43. The van der Waals surface area contributed by atoms with Gasteiger partial charge in [0.25, 0.3) is 0 Å². The summed E-state index contributed by atoms with van der Waals surface area (Å²) in [5.41, 5.74) is 1.43. The highest BCUT2D eigenvalue weighted by atomic mass is 32.2. The minimum atomic E-state index is -4.56. The average Bonchev–Trinajstić information content (AvgIpc) is 3.25. The molecule has 1 unspecified atom stereocenters. The van der Waals surface area contributed by atoms with Crippen molar-refractivity contribution in [2.24, 2.45) is 0 Å². The molecule has 2 aromatic rings. The van der Waals surface area contributed by atoms with Crippen molar-refractivity contribution in [3.63, 3.8) is 0 Å². The van der Waals surface area contributed by atoms with Gasteiger partial charge in [-0.05, 0) is 32.4 Å². The number of carbonyl (C=O) groups excluding carboxylic acids is 1. The highest BCUT2D eigenvalue weighted by Gasteiger charge is 2.35. The molecule has 1 atom stereocenters. The number of anilines is 2. The third-order valence-corrected chi connectivity index (χ3v) is 7.95. The normalized spacial score (nSPS) is 20.8. The van der Waals surface area contributed by atoms with Crippen LogP contribution in [0, 0.1) is 13.8 Å². The molecule has 0 spiro atoms. The number of halogens is 3. The fraction of sp³-hybridized carbons (Fsp3) is 0.524. The van der Waals surface area contributed by atoms with E-state index in [2.05, 4.69) is 15.3 Å². The van der Waals surface area contributed by atoms with E-state index >= 15 is 0 Å². The number of alkyl halides is 3. The van der Waals surface area contributed by atoms with Crippen LogP contribution in [0.5, 0.6) is 0 Å². The quantitative estimate of drug-likeness (QED) is 0.721. The summed E-state index contributed by atoms with van der Waals surface area (Å²) >= 11 is 0. The number of sulfone groups is 1. The lowest BCUT2D eigenvalue weighted by atomic mass is 10.1. The number of urea groups is 1. The number of carbonyl (C=O) groups is 1. The molecule has 1 aromatic heterocycles. The molecule has 0 bridgehead atoms. The number of aromatic nitrogens is 2. The molecule has 0 radical (unpaired) electrons. The Morgan fingerprint density at radius 2 is 1.79 bits per heavy atom. The second-order valence-electron chi connectivity index (χ2n) is 8.47. The molecular weight excluding hydrogens is 459 g/mol. The van der Waals surface area contributed by atoms with Crippen molar-refractivity contribution in [3.05, 3.63) is 41.2 Å². The molecule has 2 aliphatic rings. The molecule has 180 valence electrons. The molecule has 3 heterocycles. The Hall–Kier alpha value is -2.76. The Balaban J connectivity index is 1.42. The first-order chi connectivity index (χ1) is 15.5. The van der Waals surface area contributed by atoms with Crippen molar-refractivity contribution >= 4 is 27.2 Å². The second kappa shape index (κ2) is 8.54. The van der Waals surface area contributed by atoms with Crippen LogP contribution < -0.4 is 10.2 Å². The maximum atomic E-state index is 13.2. The molecular formula is C21H26F3N5O3S. The third-order valence-electron chi connectivity index (χ3n) is 6.20. The van der Waals surface area contributed by atoms with Crippen LogP contribution in [0.3, 0.4) is 0 Å². The van der Waals surface area contributed by atoms with Crippen molar-refractivity contribution in [1.82, 2.24) is 14.7 Å². The number of piperazine rings is 1. The molecule has 8 nitrogen and oxygen atoms in total. The van der Waals surface area contributed by atoms with Crippen LogP contribution >= 0.6 is 0 Å². The van der Waals surface area contributed by atoms with Crippen LogP contribution in [-0.4, -0.2) is 66.8 Å². The minimum Gasteiger partial charge on any atom is -0.365 e. The smallest absolute Gasteiger partial charge is 0.365 e. The summed E-state index contributed by atoms with van der Waals surface area (Å²) in [5, 5.41) is 6.97. The summed E-state index contributed by atoms with van der Waals surface area (Å²) in [4.78, 5) is 16.2. The Kier molecular flexibility index (Phi) is 6.06. The van der Waals surface area contributed by atoms with E-state index in [0.29, 0.717) is 32.6 Å². The lowest BCUT2D eigenvalue weighted by molar-refractivity contribution is -0.136. The highest BCUT2D eigenvalue weighted by molar-refractivity contribution is 7.91. The van der Waals surface area contributed by atoms with E-state index in [0.717, 1.165) is 23.1 Å². The zero-order valence-electron chi connectivity index (χ0n) is 18.4. The van der Waals surface area contributed by atoms with Gasteiger partial charge < -0.3 is 15.1 Å². The Bertz CT molecular complexity index is 1150. The molecule has 33 heavy (non-hydrogen) atoms. The molecule has 2 saturated heterocycles. The summed E-state index contributed by atoms with van der Waals surface area (Å²) in [6.07, 6.45) is -4.02. The van der Waals surface area contributed by atoms with Crippen LogP contribution in [-0.2, 0) is 16.0 Å². The molecule has 0 aliphatic carbocycles. The predicted octanol–water partition coefficient (Wildman–Crippen LogP) is 3.23. The Labute approximate surface area is 190 Å². The van der Waals surface area contributed by atoms with Crippen molar-refractivity contribution < 1.29 is 26.4 Å². The van der Waals surface area contributed by atoms with Gasteiger partial charge in [0.15, 0.2) is 9.84 Å². The number of amides is 2. The van der Waals surface area contributed by atoms with E-state index < -0.39 is 27.6 Å². The number of rotatable bonds is 3. The van der Waals surface area contributed by atoms with Gasteiger partial charge in [-0.15, -0.1) is 0 Å². The standard InChI is InChI=1S/C21H26F3N5O3S/c1-14-19(15(2)29(26-14)16-7-12-33(31,32)13-16)27-8-10-28(11-9-27)20(30)25-18-6-4-3-5-17(18)21(22,23)24/h3-6,16H,7-13H2,1-2H3,(H,25,30). The van der Waals surface area contributed by atoms with Gasteiger partial charge in [-0.1, -0.05) is 12.1 Å². The number of aryl methyl sites for hydroxylation is 1. The van der Waals surface area contributed by atoms with Crippen molar-refractivity contribution in [1.29, 1.82) is 0 Å². The molecule has 2 fully saturated rings. The lowest BCUT2D eigenvalue weighted by Gasteiger charge is -2.36. The van der Waals surface area contributed by atoms with E-state index in [1.165, 1.54) is 23.1 Å². The molecule has 4 rings (SSSR count). The molecule has 2 amide bonds. The first kappa shape index (κ1) is 23.4. The second-order valence-corrected chi connectivity index (χ2v) is 10.7. The summed E-state index contributed by atoms with van der Waals surface area (Å²) < 4.78 is 65.1. The van der Waals surface area contributed by atoms with Gasteiger partial charge in [-0.25, -0.2) is 13.2 Å². The van der Waals surface area contributed by atoms with Crippen LogP contribution in [0.15, 0.2) is 24.3 Å². The Morgan fingerprint density at radius 3 is 2.39 bits per heavy atom. The van der Waals surface area contributed by atoms with Gasteiger partial charge in [0.2, 0.25) is 0 Å². The van der Waals surface area contributed by atoms with Gasteiger partial charge in [-0.3, -0.25) is 4.68 Å². The number of hydrogen-bond acceptors (Lipinski definition) is 5. The zero-order valence-corrected chi connectivity index (χ0v) is 19.2. The lowest BCUT2D eigenvalue weighted by Crippen LogP contribution is -2.50. The van der Waals surface area contributed by atoms with Crippen LogP contribution in [0.2, 0.25) is 0 Å². The minimum absolute atomic E-state index is 0.0851. The van der Waals surface area contributed by atoms with Crippen LogP contribution in [0.25, 0.3) is 0 Å². The predicted molar refractivity (Wildman–Crippen MR) is 118 cm³/mol. The first-order valence-corrected chi connectivity index (χ1v) is 12.5. The average molecular weight is 486 g/mol. The number of benzene rings is 1. The molecule has 0 saturated carbocycles. The zero-order chi connectivity index (χ0) is 24.0. The molecule has 1 N–H and O–H groups in total. The molecule has 2 aliphatic heterocycles. The van der Waals surface area contributed by atoms with Gasteiger partial charge in [0, 0.05) is 26.2 Å². The van der Waals surface area contributed by atoms with Crippen molar-refractivity contribution in [2.45, 2.75) is 32.5 Å². The third kappa shape index (κ3) is 4.80. The van der Waals surface area contributed by atoms with E-state index in [9.17, 15) is 26.4 Å². The number of nitrogens with one attached hydrogen (secondary N) is 1. The van der Waals surface area contributed by atoms with Crippen LogP contribution in [0.4, 0.5) is 29.3 Å². The number of nitrogens with zero attached hydrogens (tertiary/aromatic N) is 4. The topological polar surface area (TPSA) is 87.5 Å². The highest BCUT2D eigenvalue weighted by Crippen LogP contribution is 2.35. The first-order valence-electron chi connectivity index (χ1n) is 10.7. The van der Waals surface area contributed by atoms with Gasteiger partial charge in [0.05, 0.1) is 45.9 Å². The van der Waals surface area contributed by atoms with Gasteiger partial charge in [-0.2, -0.15) is 18.3 Å². The van der Waals surface area contributed by atoms with E-state index in [-0.39, 0.29) is 23.2 Å². The largest absolute Gasteiger partial charge is 0.418 e. The summed E-state index contributed by atoms with van der Waals surface area (Å²) in [6, 6.07) is 4.15. The Morgan fingerprint density at radius 1 is 1.12 bits per heavy atom. The van der Waals surface area contributed by atoms with Crippen LogP contribution in [0.1, 0.15) is 29.4 Å². The van der Waals surface area contributed by atoms with E-state index in [1.54, 1.807) is 4.68 Å². The summed E-state index contributed by atoms with van der Waals surface area (Å²) in [5.74, 6) is 0.248. The molecule has 1 aromatic carbocycles. The number of para-hydroxylation sites is 1. The SMILES string of the molecule is Cc1nn(C2CCS(=O)(=O)C2)c(C)c1N1CCN(C(=O)Nc2ccccc2C(F)(F)F)CC1. The van der Waals surface area contributed by atoms with E-state index in [1.807, 2.05) is 13.8 Å². The van der Waals surface area contributed by atoms with Gasteiger partial charge >= 0.3 is 12.2 Å². The number of hydrogen-bond donors (Lipinski definition) is 1. The maximum Gasteiger partial charge on any atom is 0.418 e. The monoisotopic (exact) mass is 485 g/mol. The summed E-state index contributed by atoms with van der Waals surface area (Å²) in [7, 11) is -3.04. The molecule has 12 heteroatoms. The van der Waals surface area contributed by atoms with E-state index in [4.69, 9.17) is 0 Å². The van der Waals surface area contributed by atoms with Gasteiger partial charge in [0.1, 0.15) is 0 Å². The van der Waals surface area contributed by atoms with Crippen molar-refractivity contribution in [2.75, 3.05) is 47.9 Å².